The minimum Gasteiger partial charge on any atom is -0.484 e. The van der Waals surface area contributed by atoms with Crippen molar-refractivity contribution in [2.45, 2.75) is 19.3 Å². The van der Waals surface area contributed by atoms with Gasteiger partial charge in [-0.25, -0.2) is 4.98 Å². The Labute approximate surface area is 207 Å². The largest absolute Gasteiger partial charge is 0.573 e. The average molecular weight is 519 g/mol. The summed E-state index contributed by atoms with van der Waals surface area (Å²) < 4.78 is 45.6. The maximum Gasteiger partial charge on any atom is 0.573 e. The highest BCUT2D eigenvalue weighted by atomic mass is 32.1. The number of fused-ring (bicyclic) bond motifs is 1. The second kappa shape index (κ2) is 11.1. The molecule has 2 amide bonds. The zero-order valence-corrected chi connectivity index (χ0v) is 19.5. The molecule has 0 spiro atoms. The summed E-state index contributed by atoms with van der Waals surface area (Å²) in [6.45, 7) is 0.213. The predicted molar refractivity (Wildman–Crippen MR) is 127 cm³/mol. The summed E-state index contributed by atoms with van der Waals surface area (Å²) in [5.41, 5.74) is 2.42. The Kier molecular flexibility index (Phi) is 7.74. The molecule has 2 heterocycles. The fourth-order valence-corrected chi connectivity index (χ4v) is 4.06. The molecule has 0 aliphatic carbocycles. The molecule has 188 valence electrons. The van der Waals surface area contributed by atoms with Crippen molar-refractivity contribution < 1.29 is 32.2 Å². The fraction of sp³-hybridized carbons (Fsp3) is 0.208. The molecule has 2 aromatic carbocycles. The van der Waals surface area contributed by atoms with Crippen molar-refractivity contribution in [2.24, 2.45) is 0 Å². The van der Waals surface area contributed by atoms with Crippen LogP contribution in [-0.4, -0.2) is 41.3 Å². The molecular weight excluding hydrogens is 497 g/mol. The van der Waals surface area contributed by atoms with E-state index in [2.05, 4.69) is 25.3 Å². The zero-order chi connectivity index (χ0) is 25.5. The number of alkyl halides is 3. The molecule has 4 aromatic rings. The second-order valence-corrected chi connectivity index (χ2v) is 8.52. The molecule has 12 heteroatoms. The van der Waals surface area contributed by atoms with E-state index in [0.717, 1.165) is 28.6 Å². The SMILES string of the molecule is O=C(COc1ccc(OC(F)(F)F)cc1)NCc1nc(C(=O)NCCc2c[nH]c3ccccc23)cs1. The van der Waals surface area contributed by atoms with Crippen molar-refractivity contribution in [1.82, 2.24) is 20.6 Å². The summed E-state index contributed by atoms with van der Waals surface area (Å²) in [6, 6.07) is 12.6. The number of hydrogen-bond acceptors (Lipinski definition) is 6. The average Bonchev–Trinajstić information content (AvgIpc) is 3.49. The summed E-state index contributed by atoms with van der Waals surface area (Å²) in [7, 11) is 0. The number of para-hydroxylation sites is 1. The summed E-state index contributed by atoms with van der Waals surface area (Å²) in [5.74, 6) is -0.933. The lowest BCUT2D eigenvalue weighted by Crippen LogP contribution is -2.28. The van der Waals surface area contributed by atoms with Crippen molar-refractivity contribution in [2.75, 3.05) is 13.2 Å². The molecule has 0 fully saturated rings. The summed E-state index contributed by atoms with van der Waals surface area (Å²) in [6.07, 6.45) is -2.18. The van der Waals surface area contributed by atoms with Crippen LogP contribution in [0.3, 0.4) is 0 Å². The monoisotopic (exact) mass is 518 g/mol. The summed E-state index contributed by atoms with van der Waals surface area (Å²) in [5, 5.41) is 8.74. The van der Waals surface area contributed by atoms with Crippen LogP contribution in [0, 0.1) is 0 Å². The standard InChI is InChI=1S/C24H21F3N4O4S/c25-24(26,27)35-17-7-5-16(6-8-17)34-13-21(32)30-12-22-31-20(14-36-22)23(33)28-10-9-15-11-29-19-4-2-1-3-18(15)19/h1-8,11,14,29H,9-10,12-13H2,(H,28,33)(H,30,32). The van der Waals surface area contributed by atoms with Crippen molar-refractivity contribution in [1.29, 1.82) is 0 Å². The molecule has 0 radical (unpaired) electrons. The van der Waals surface area contributed by atoms with E-state index in [4.69, 9.17) is 4.74 Å². The predicted octanol–water partition coefficient (Wildman–Crippen LogP) is 4.19. The van der Waals surface area contributed by atoms with Gasteiger partial charge in [-0.05, 0) is 42.3 Å². The number of hydrogen-bond donors (Lipinski definition) is 3. The van der Waals surface area contributed by atoms with Crippen molar-refractivity contribution in [3.05, 3.63) is 76.4 Å². The first-order valence-electron chi connectivity index (χ1n) is 10.8. The van der Waals surface area contributed by atoms with E-state index in [0.29, 0.717) is 18.0 Å². The third kappa shape index (κ3) is 6.98. The Morgan fingerprint density at radius 3 is 2.56 bits per heavy atom. The molecule has 0 saturated carbocycles. The van der Waals surface area contributed by atoms with Crippen molar-refractivity contribution in [3.8, 4) is 11.5 Å². The number of thiazole rings is 1. The van der Waals surface area contributed by atoms with Crippen LogP contribution in [-0.2, 0) is 17.8 Å². The highest BCUT2D eigenvalue weighted by molar-refractivity contribution is 7.09. The summed E-state index contributed by atoms with van der Waals surface area (Å²) in [4.78, 5) is 31.9. The number of nitrogens with one attached hydrogen (secondary N) is 3. The highest BCUT2D eigenvalue weighted by Crippen LogP contribution is 2.24. The van der Waals surface area contributed by atoms with Gasteiger partial charge in [0.25, 0.3) is 11.8 Å². The van der Waals surface area contributed by atoms with Crippen LogP contribution in [0.5, 0.6) is 11.5 Å². The van der Waals surface area contributed by atoms with Gasteiger partial charge in [0.15, 0.2) is 6.61 Å². The maximum absolute atomic E-state index is 12.4. The van der Waals surface area contributed by atoms with E-state index >= 15 is 0 Å². The maximum atomic E-state index is 12.4. The van der Waals surface area contributed by atoms with Crippen LogP contribution in [0.25, 0.3) is 10.9 Å². The first-order chi connectivity index (χ1) is 17.3. The Morgan fingerprint density at radius 1 is 1.03 bits per heavy atom. The Hall–Kier alpha value is -4.06. The molecule has 0 unspecified atom stereocenters. The smallest absolute Gasteiger partial charge is 0.484 e. The molecule has 36 heavy (non-hydrogen) atoms. The van der Waals surface area contributed by atoms with Crippen LogP contribution in [0.4, 0.5) is 13.2 Å². The third-order valence-electron chi connectivity index (χ3n) is 5.00. The third-order valence-corrected chi connectivity index (χ3v) is 5.85. The van der Waals surface area contributed by atoms with E-state index in [1.54, 1.807) is 5.38 Å². The van der Waals surface area contributed by atoms with Gasteiger partial charge in [0, 0.05) is 29.0 Å². The molecule has 8 nitrogen and oxygen atoms in total. The van der Waals surface area contributed by atoms with Crippen molar-refractivity contribution in [3.63, 3.8) is 0 Å². The normalized spacial score (nSPS) is 11.3. The van der Waals surface area contributed by atoms with Gasteiger partial charge in [-0.1, -0.05) is 18.2 Å². The minimum absolute atomic E-state index is 0.105. The van der Waals surface area contributed by atoms with Gasteiger partial charge in [-0.3, -0.25) is 9.59 Å². The quantitative estimate of drug-likeness (QED) is 0.292. The number of ether oxygens (including phenoxy) is 2. The van der Waals surface area contributed by atoms with Crippen LogP contribution in [0.15, 0.2) is 60.1 Å². The van der Waals surface area contributed by atoms with Gasteiger partial charge >= 0.3 is 6.36 Å². The molecule has 0 bridgehead atoms. The molecule has 2 aromatic heterocycles. The van der Waals surface area contributed by atoms with Gasteiger partial charge in [-0.2, -0.15) is 0 Å². The van der Waals surface area contributed by atoms with E-state index in [9.17, 15) is 22.8 Å². The van der Waals surface area contributed by atoms with Gasteiger partial charge in [0.2, 0.25) is 0 Å². The number of benzene rings is 2. The number of rotatable bonds is 10. The topological polar surface area (TPSA) is 105 Å². The fourth-order valence-electron chi connectivity index (χ4n) is 3.35. The van der Waals surface area contributed by atoms with E-state index in [1.165, 1.54) is 23.5 Å². The highest BCUT2D eigenvalue weighted by Gasteiger charge is 2.31. The van der Waals surface area contributed by atoms with Gasteiger partial charge in [0.05, 0.1) is 6.54 Å². The van der Waals surface area contributed by atoms with Crippen LogP contribution >= 0.6 is 11.3 Å². The number of carbonyl (C=O) groups is 2. The first kappa shape index (κ1) is 25.0. The van der Waals surface area contributed by atoms with Gasteiger partial charge in [0.1, 0.15) is 22.2 Å². The molecule has 0 saturated heterocycles. The number of aromatic amines is 1. The molecular formula is C24H21F3N4O4S. The summed E-state index contributed by atoms with van der Waals surface area (Å²) >= 11 is 1.24. The number of aromatic nitrogens is 2. The number of H-pyrrole nitrogens is 1. The molecule has 0 aliphatic heterocycles. The minimum atomic E-state index is -4.78. The van der Waals surface area contributed by atoms with Crippen LogP contribution in [0.1, 0.15) is 21.1 Å². The first-order valence-corrected chi connectivity index (χ1v) is 11.7. The zero-order valence-electron chi connectivity index (χ0n) is 18.7. The Bertz CT molecular complexity index is 1340. The molecule has 0 atom stereocenters. The number of carbonyl (C=O) groups excluding carboxylic acids is 2. The lowest BCUT2D eigenvalue weighted by Gasteiger charge is -2.10. The van der Waals surface area contributed by atoms with Gasteiger partial charge in [-0.15, -0.1) is 24.5 Å². The molecule has 0 aliphatic rings. The number of nitrogens with zero attached hydrogens (tertiary/aromatic N) is 1. The Morgan fingerprint density at radius 2 is 1.78 bits per heavy atom. The van der Waals surface area contributed by atoms with E-state index in [1.807, 2.05) is 30.5 Å². The lowest BCUT2D eigenvalue weighted by molar-refractivity contribution is -0.274. The lowest BCUT2D eigenvalue weighted by atomic mass is 10.1. The molecule has 4 rings (SSSR count). The molecule has 3 N–H and O–H groups in total. The van der Waals surface area contributed by atoms with E-state index in [-0.39, 0.29) is 36.3 Å². The van der Waals surface area contributed by atoms with Crippen LogP contribution in [0.2, 0.25) is 0 Å². The van der Waals surface area contributed by atoms with E-state index < -0.39 is 12.3 Å². The number of amides is 2. The van der Waals surface area contributed by atoms with Crippen LogP contribution < -0.4 is 20.1 Å². The Balaban J connectivity index is 1.17. The van der Waals surface area contributed by atoms with Gasteiger partial charge < -0.3 is 25.1 Å². The number of halogens is 3. The second-order valence-electron chi connectivity index (χ2n) is 7.58. The van der Waals surface area contributed by atoms with Crippen molar-refractivity contribution >= 4 is 34.1 Å².